The molecule has 0 aliphatic carbocycles. The van der Waals surface area contributed by atoms with Crippen molar-refractivity contribution < 1.29 is 0 Å². The summed E-state index contributed by atoms with van der Waals surface area (Å²) in [6, 6.07) is 0. The molecule has 0 rings (SSSR count). The molecule has 18 heavy (non-hydrogen) atoms. The lowest BCUT2D eigenvalue weighted by atomic mass is 9.94. The lowest BCUT2D eigenvalue weighted by Gasteiger charge is -2.39. The van der Waals surface area contributed by atoms with E-state index in [1.54, 1.807) is 0 Å². The number of unbranched alkanes of at least 4 members (excludes halogenated alkanes) is 5. The summed E-state index contributed by atoms with van der Waals surface area (Å²) in [5.41, 5.74) is 0.400. The van der Waals surface area contributed by atoms with Gasteiger partial charge in [0.2, 0.25) is 0 Å². The maximum absolute atomic E-state index is 2.76. The third-order valence-corrected chi connectivity index (χ3v) is 4.06. The Kier molecular flexibility index (Phi) is 10.8. The van der Waals surface area contributed by atoms with Gasteiger partial charge in [-0.3, -0.25) is 4.90 Å². The quantitative estimate of drug-likeness (QED) is 0.408. The monoisotopic (exact) mass is 255 g/mol. The zero-order valence-corrected chi connectivity index (χ0v) is 13.7. The van der Waals surface area contributed by atoms with Crippen LogP contribution in [0.25, 0.3) is 0 Å². The van der Waals surface area contributed by atoms with Crippen molar-refractivity contribution in [3.63, 3.8) is 0 Å². The highest BCUT2D eigenvalue weighted by Gasteiger charge is 2.24. The predicted octanol–water partition coefficient (Wildman–Crippen LogP) is 5.64. The van der Waals surface area contributed by atoms with Crippen LogP contribution >= 0.6 is 0 Å². The molecule has 0 saturated heterocycles. The summed E-state index contributed by atoms with van der Waals surface area (Å²) in [5.74, 6) is 0. The first-order valence-electron chi connectivity index (χ1n) is 8.33. The van der Waals surface area contributed by atoms with Crippen molar-refractivity contribution in [3.8, 4) is 0 Å². The van der Waals surface area contributed by atoms with Crippen LogP contribution in [-0.4, -0.2) is 23.5 Å². The zero-order chi connectivity index (χ0) is 13.9. The molecule has 0 saturated carbocycles. The van der Waals surface area contributed by atoms with E-state index in [4.69, 9.17) is 0 Å². The molecule has 0 aliphatic heterocycles. The number of hydrogen-bond acceptors (Lipinski definition) is 1. The molecule has 0 unspecified atom stereocenters. The maximum Gasteiger partial charge on any atom is 0.0153 e. The highest BCUT2D eigenvalue weighted by Crippen LogP contribution is 2.23. The minimum Gasteiger partial charge on any atom is -0.298 e. The first-order valence-corrected chi connectivity index (χ1v) is 8.33. The van der Waals surface area contributed by atoms with E-state index in [0.29, 0.717) is 5.54 Å². The van der Waals surface area contributed by atoms with Gasteiger partial charge in [0.25, 0.3) is 0 Å². The van der Waals surface area contributed by atoms with Gasteiger partial charge in [-0.2, -0.15) is 0 Å². The van der Waals surface area contributed by atoms with Crippen LogP contribution < -0.4 is 0 Å². The average Bonchev–Trinajstić information content (AvgIpc) is 2.35. The van der Waals surface area contributed by atoms with Gasteiger partial charge in [-0.1, -0.05) is 59.3 Å². The lowest BCUT2D eigenvalue weighted by molar-refractivity contribution is 0.103. The van der Waals surface area contributed by atoms with Gasteiger partial charge in [0.1, 0.15) is 0 Å². The molecule has 0 radical (unpaired) electrons. The summed E-state index contributed by atoms with van der Waals surface area (Å²) in [6.45, 7) is 14.4. The van der Waals surface area contributed by atoms with Gasteiger partial charge in [-0.25, -0.2) is 0 Å². The second-order valence-corrected chi connectivity index (χ2v) is 6.32. The second kappa shape index (κ2) is 10.8. The van der Waals surface area contributed by atoms with Crippen molar-refractivity contribution in [1.82, 2.24) is 4.90 Å². The summed E-state index contributed by atoms with van der Waals surface area (Å²) in [7, 11) is 0. The normalized spacial score (nSPS) is 12.3. The minimum atomic E-state index is 0.400. The van der Waals surface area contributed by atoms with Crippen molar-refractivity contribution in [1.29, 1.82) is 0 Å². The van der Waals surface area contributed by atoms with Crippen molar-refractivity contribution in [3.05, 3.63) is 0 Å². The van der Waals surface area contributed by atoms with Crippen LogP contribution in [0, 0.1) is 0 Å². The molecule has 0 amide bonds. The van der Waals surface area contributed by atoms with Crippen LogP contribution in [-0.2, 0) is 0 Å². The van der Waals surface area contributed by atoms with Gasteiger partial charge < -0.3 is 0 Å². The van der Waals surface area contributed by atoms with E-state index in [1.807, 2.05) is 0 Å². The molecule has 0 spiro atoms. The standard InChI is InChI=1S/C17H37N/c1-6-9-12-15-18(16-13-10-7-2)17(4,5)14-11-8-3/h6-16H2,1-5H3. The fraction of sp³-hybridized carbons (Fsp3) is 1.00. The second-order valence-electron chi connectivity index (χ2n) is 6.32. The molecule has 0 heterocycles. The highest BCUT2D eigenvalue weighted by molar-refractivity contribution is 4.81. The minimum absolute atomic E-state index is 0.400. The summed E-state index contributed by atoms with van der Waals surface area (Å²) < 4.78 is 0. The molecule has 0 N–H and O–H groups in total. The van der Waals surface area contributed by atoms with Crippen LogP contribution in [0.1, 0.15) is 92.4 Å². The molecule has 0 aromatic heterocycles. The largest absolute Gasteiger partial charge is 0.298 e. The third-order valence-electron chi connectivity index (χ3n) is 4.06. The Balaban J connectivity index is 4.22. The van der Waals surface area contributed by atoms with E-state index >= 15 is 0 Å². The molecule has 0 atom stereocenters. The van der Waals surface area contributed by atoms with Crippen LogP contribution in [0.15, 0.2) is 0 Å². The zero-order valence-electron chi connectivity index (χ0n) is 13.7. The van der Waals surface area contributed by atoms with Crippen molar-refractivity contribution >= 4 is 0 Å². The van der Waals surface area contributed by atoms with Crippen molar-refractivity contribution in [2.75, 3.05) is 13.1 Å². The summed E-state index contributed by atoms with van der Waals surface area (Å²) in [5, 5.41) is 0. The van der Waals surface area contributed by atoms with E-state index in [9.17, 15) is 0 Å². The number of nitrogens with zero attached hydrogens (tertiary/aromatic N) is 1. The van der Waals surface area contributed by atoms with E-state index in [-0.39, 0.29) is 0 Å². The van der Waals surface area contributed by atoms with Gasteiger partial charge in [-0.15, -0.1) is 0 Å². The molecule has 1 nitrogen and oxygen atoms in total. The van der Waals surface area contributed by atoms with Crippen LogP contribution in [0.4, 0.5) is 0 Å². The van der Waals surface area contributed by atoms with Crippen LogP contribution in [0.2, 0.25) is 0 Å². The Morgan fingerprint density at radius 1 is 0.667 bits per heavy atom. The molecule has 0 aliphatic rings. The van der Waals surface area contributed by atoms with Crippen molar-refractivity contribution in [2.45, 2.75) is 97.9 Å². The van der Waals surface area contributed by atoms with Gasteiger partial charge in [-0.05, 0) is 46.2 Å². The third kappa shape index (κ3) is 8.13. The van der Waals surface area contributed by atoms with E-state index in [0.717, 1.165) is 0 Å². The van der Waals surface area contributed by atoms with E-state index in [2.05, 4.69) is 39.5 Å². The Labute approximate surface area is 116 Å². The molecule has 110 valence electrons. The number of rotatable bonds is 12. The smallest absolute Gasteiger partial charge is 0.0153 e. The number of hydrogen-bond donors (Lipinski definition) is 0. The molecule has 0 bridgehead atoms. The summed E-state index contributed by atoms with van der Waals surface area (Å²) in [6.07, 6.45) is 12.2. The summed E-state index contributed by atoms with van der Waals surface area (Å²) >= 11 is 0. The molecule has 1 heteroatoms. The highest BCUT2D eigenvalue weighted by atomic mass is 15.2. The molecule has 0 fully saturated rings. The van der Waals surface area contributed by atoms with Gasteiger partial charge in [0, 0.05) is 5.54 Å². The molecular formula is C17H37N. The lowest BCUT2D eigenvalue weighted by Crippen LogP contribution is -2.45. The molecule has 0 aromatic rings. The molecular weight excluding hydrogens is 218 g/mol. The predicted molar refractivity (Wildman–Crippen MR) is 84.2 cm³/mol. The first kappa shape index (κ1) is 18.0. The Bertz CT molecular complexity index is 164. The van der Waals surface area contributed by atoms with Crippen LogP contribution in [0.3, 0.4) is 0 Å². The van der Waals surface area contributed by atoms with E-state index in [1.165, 1.54) is 70.9 Å². The van der Waals surface area contributed by atoms with Gasteiger partial charge in [0.05, 0.1) is 0 Å². The average molecular weight is 255 g/mol. The van der Waals surface area contributed by atoms with Gasteiger partial charge in [0.15, 0.2) is 0 Å². The summed E-state index contributed by atoms with van der Waals surface area (Å²) in [4.78, 5) is 2.76. The maximum atomic E-state index is 2.76. The Morgan fingerprint density at radius 3 is 1.50 bits per heavy atom. The van der Waals surface area contributed by atoms with Crippen molar-refractivity contribution in [2.24, 2.45) is 0 Å². The SMILES string of the molecule is CCCCCN(CCCCC)C(C)(C)CCCC. The Morgan fingerprint density at radius 2 is 1.11 bits per heavy atom. The first-order chi connectivity index (χ1) is 8.58. The topological polar surface area (TPSA) is 3.24 Å². The van der Waals surface area contributed by atoms with E-state index < -0.39 is 0 Å². The Hall–Kier alpha value is -0.0400. The molecule has 0 aromatic carbocycles. The fourth-order valence-electron chi connectivity index (χ4n) is 2.59. The van der Waals surface area contributed by atoms with Gasteiger partial charge >= 0.3 is 0 Å². The van der Waals surface area contributed by atoms with Crippen LogP contribution in [0.5, 0.6) is 0 Å². The fourth-order valence-corrected chi connectivity index (χ4v) is 2.59.